The Morgan fingerprint density at radius 2 is 1.85 bits per heavy atom. The van der Waals surface area contributed by atoms with Crippen LogP contribution in [0.3, 0.4) is 0 Å². The monoisotopic (exact) mass is 548 g/mol. The second-order valence-electron chi connectivity index (χ2n) is 9.53. The van der Waals surface area contributed by atoms with Crippen molar-refractivity contribution in [2.24, 2.45) is 11.7 Å². The zero-order valence-corrected chi connectivity index (χ0v) is 22.4. The maximum absolute atomic E-state index is 14.0. The minimum atomic E-state index is -1.09. The summed E-state index contributed by atoms with van der Waals surface area (Å²) in [7, 11) is 0. The molecule has 39 heavy (non-hydrogen) atoms. The van der Waals surface area contributed by atoms with Crippen molar-refractivity contribution in [2.75, 3.05) is 12.3 Å². The predicted octanol–water partition coefficient (Wildman–Crippen LogP) is 4.06. The second kappa shape index (κ2) is 12.0. The number of nitrogens with one attached hydrogen (secondary N) is 1. The van der Waals surface area contributed by atoms with E-state index in [4.69, 9.17) is 11.5 Å². The summed E-state index contributed by atoms with van der Waals surface area (Å²) < 4.78 is 17.6. The van der Waals surface area contributed by atoms with E-state index in [1.54, 1.807) is 36.5 Å². The Bertz CT molecular complexity index is 1500. The fourth-order valence-electron chi connectivity index (χ4n) is 4.14. The van der Waals surface area contributed by atoms with Crippen LogP contribution in [0, 0.1) is 11.7 Å². The van der Waals surface area contributed by atoms with Gasteiger partial charge in [0.2, 0.25) is 5.91 Å². The maximum Gasteiger partial charge on any atom is 0.270 e. The molecular formula is C28H29FN6O3S. The minimum absolute atomic E-state index is 0.0200. The Balaban J connectivity index is 1.83. The Morgan fingerprint density at radius 1 is 1.10 bits per heavy atom. The van der Waals surface area contributed by atoms with Gasteiger partial charge >= 0.3 is 0 Å². The number of nitrogens with zero attached hydrogens (tertiary/aromatic N) is 3. The molecule has 0 fully saturated rings. The summed E-state index contributed by atoms with van der Waals surface area (Å²) in [6, 6.07) is 13.6. The SMILES string of the molecule is CC(C)CCNC(=O)C(c1ccc2ncccc2c1)N(Cc1ccc(F)cc1)C(=O)c1snc(C(N)=O)c1N. The van der Waals surface area contributed by atoms with Crippen molar-refractivity contribution in [1.82, 2.24) is 19.6 Å². The molecule has 4 rings (SSSR count). The van der Waals surface area contributed by atoms with Gasteiger partial charge in [0.15, 0.2) is 5.69 Å². The average Bonchev–Trinajstić information content (AvgIpc) is 3.30. The van der Waals surface area contributed by atoms with E-state index in [0.29, 0.717) is 23.6 Å². The topological polar surface area (TPSA) is 144 Å². The van der Waals surface area contributed by atoms with Gasteiger partial charge in [-0.3, -0.25) is 19.4 Å². The van der Waals surface area contributed by atoms with Gasteiger partial charge in [-0.15, -0.1) is 0 Å². The number of nitrogen functional groups attached to an aromatic ring is 1. The van der Waals surface area contributed by atoms with Gasteiger partial charge in [0.25, 0.3) is 11.8 Å². The van der Waals surface area contributed by atoms with Crippen molar-refractivity contribution in [2.45, 2.75) is 32.9 Å². The third-order valence-electron chi connectivity index (χ3n) is 6.21. The number of hydrogen-bond donors (Lipinski definition) is 3. The average molecular weight is 549 g/mol. The van der Waals surface area contributed by atoms with Gasteiger partial charge in [0.05, 0.1) is 11.2 Å². The van der Waals surface area contributed by atoms with Crippen molar-refractivity contribution < 1.29 is 18.8 Å². The molecule has 1 unspecified atom stereocenters. The van der Waals surface area contributed by atoms with Crippen molar-refractivity contribution in [3.05, 3.63) is 88.3 Å². The van der Waals surface area contributed by atoms with E-state index >= 15 is 0 Å². The Labute approximate surface area is 229 Å². The summed E-state index contributed by atoms with van der Waals surface area (Å²) in [4.78, 5) is 45.3. The first-order chi connectivity index (χ1) is 18.7. The molecule has 2 aromatic carbocycles. The molecule has 11 heteroatoms. The molecule has 5 N–H and O–H groups in total. The van der Waals surface area contributed by atoms with Crippen molar-refractivity contribution in [3.63, 3.8) is 0 Å². The molecule has 0 aliphatic rings. The molecule has 0 aliphatic carbocycles. The van der Waals surface area contributed by atoms with E-state index in [1.165, 1.54) is 17.0 Å². The lowest BCUT2D eigenvalue weighted by atomic mass is 10.00. The number of fused-ring (bicyclic) bond motifs is 1. The van der Waals surface area contributed by atoms with Gasteiger partial charge in [0, 0.05) is 24.7 Å². The quantitative estimate of drug-likeness (QED) is 0.273. The lowest BCUT2D eigenvalue weighted by Crippen LogP contribution is -2.43. The van der Waals surface area contributed by atoms with Gasteiger partial charge in [-0.1, -0.05) is 38.1 Å². The molecule has 0 saturated carbocycles. The van der Waals surface area contributed by atoms with Crippen LogP contribution in [0.5, 0.6) is 0 Å². The molecule has 9 nitrogen and oxygen atoms in total. The van der Waals surface area contributed by atoms with E-state index < -0.39 is 29.6 Å². The van der Waals surface area contributed by atoms with Crippen LogP contribution in [0.2, 0.25) is 0 Å². The normalized spacial score (nSPS) is 11.9. The Hall–Kier alpha value is -4.38. The van der Waals surface area contributed by atoms with Crippen LogP contribution >= 0.6 is 11.5 Å². The molecule has 202 valence electrons. The number of carbonyl (C=O) groups is 3. The van der Waals surface area contributed by atoms with Gasteiger partial charge in [0.1, 0.15) is 16.7 Å². The molecule has 3 amide bonds. The molecule has 0 radical (unpaired) electrons. The summed E-state index contributed by atoms with van der Waals surface area (Å²) in [6.45, 7) is 4.46. The van der Waals surface area contributed by atoms with Crippen LogP contribution < -0.4 is 16.8 Å². The van der Waals surface area contributed by atoms with Crippen molar-refractivity contribution >= 4 is 45.8 Å². The highest BCUT2D eigenvalue weighted by Crippen LogP contribution is 2.31. The molecule has 2 heterocycles. The van der Waals surface area contributed by atoms with Crippen LogP contribution in [-0.4, -0.2) is 38.5 Å². The summed E-state index contributed by atoms with van der Waals surface area (Å²) >= 11 is 0.734. The fourth-order valence-corrected chi connectivity index (χ4v) is 4.91. The molecule has 0 saturated heterocycles. The number of halogens is 1. The second-order valence-corrected chi connectivity index (χ2v) is 10.3. The number of nitrogens with two attached hydrogens (primary N) is 2. The lowest BCUT2D eigenvalue weighted by molar-refractivity contribution is -0.126. The van der Waals surface area contributed by atoms with Gasteiger partial charge < -0.3 is 21.7 Å². The number of pyridine rings is 1. The van der Waals surface area contributed by atoms with Crippen LogP contribution in [-0.2, 0) is 11.3 Å². The van der Waals surface area contributed by atoms with Gasteiger partial charge in [-0.05, 0) is 65.3 Å². The van der Waals surface area contributed by atoms with Crippen LogP contribution in [0.4, 0.5) is 10.1 Å². The van der Waals surface area contributed by atoms with Gasteiger partial charge in [-0.25, -0.2) is 4.39 Å². The number of benzene rings is 2. The maximum atomic E-state index is 14.0. The van der Waals surface area contributed by atoms with Crippen molar-refractivity contribution in [1.29, 1.82) is 0 Å². The third kappa shape index (κ3) is 6.37. The third-order valence-corrected chi connectivity index (χ3v) is 7.06. The zero-order chi connectivity index (χ0) is 28.1. The molecule has 2 aromatic heterocycles. The Morgan fingerprint density at radius 3 is 2.51 bits per heavy atom. The molecule has 0 bridgehead atoms. The molecule has 1 atom stereocenters. The summed E-state index contributed by atoms with van der Waals surface area (Å²) in [5.74, 6) is -1.95. The highest BCUT2D eigenvalue weighted by atomic mass is 32.1. The van der Waals surface area contributed by atoms with Gasteiger partial charge in [-0.2, -0.15) is 4.37 Å². The first kappa shape index (κ1) is 27.6. The highest BCUT2D eigenvalue weighted by Gasteiger charge is 2.35. The number of hydrogen-bond acceptors (Lipinski definition) is 7. The summed E-state index contributed by atoms with van der Waals surface area (Å²) in [5.41, 5.74) is 13.0. The first-order valence-electron chi connectivity index (χ1n) is 12.4. The Kier molecular flexibility index (Phi) is 8.50. The highest BCUT2D eigenvalue weighted by molar-refractivity contribution is 7.09. The van der Waals surface area contributed by atoms with E-state index in [2.05, 4.69) is 14.7 Å². The lowest BCUT2D eigenvalue weighted by Gasteiger charge is -2.31. The van der Waals surface area contributed by atoms with Crippen LogP contribution in [0.1, 0.15) is 57.6 Å². The van der Waals surface area contributed by atoms with E-state index in [-0.39, 0.29) is 22.8 Å². The number of primary amides is 1. The van der Waals surface area contributed by atoms with Crippen molar-refractivity contribution in [3.8, 4) is 0 Å². The predicted molar refractivity (Wildman–Crippen MR) is 148 cm³/mol. The summed E-state index contributed by atoms with van der Waals surface area (Å²) in [6.07, 6.45) is 2.42. The largest absolute Gasteiger partial charge is 0.395 e. The zero-order valence-electron chi connectivity index (χ0n) is 21.6. The molecular weight excluding hydrogens is 519 g/mol. The number of anilines is 1. The minimum Gasteiger partial charge on any atom is -0.395 e. The van der Waals surface area contributed by atoms with Crippen LogP contribution in [0.15, 0.2) is 60.8 Å². The number of carbonyl (C=O) groups excluding carboxylic acids is 3. The molecule has 4 aromatic rings. The van der Waals surface area contributed by atoms with E-state index in [9.17, 15) is 18.8 Å². The van der Waals surface area contributed by atoms with E-state index in [0.717, 1.165) is 28.9 Å². The van der Waals surface area contributed by atoms with Crippen LogP contribution in [0.25, 0.3) is 10.9 Å². The van der Waals surface area contributed by atoms with E-state index in [1.807, 2.05) is 26.0 Å². The fraction of sp³-hybridized carbons (Fsp3) is 0.250. The number of rotatable bonds is 10. The smallest absolute Gasteiger partial charge is 0.270 e. The molecule has 0 spiro atoms. The summed E-state index contributed by atoms with van der Waals surface area (Å²) in [5, 5.41) is 3.74. The standard InChI is InChI=1S/C28H29FN6O3S/c1-16(2)11-13-33-27(37)24(19-7-10-21-18(14-19)4-3-12-32-21)35(15-17-5-8-20(29)9-6-17)28(38)25-22(30)23(26(31)36)34-39-25/h3-10,12,14,16,24H,11,13,15,30H2,1-2H3,(H2,31,36)(H,33,37). The number of amides is 3. The number of aromatic nitrogens is 2. The first-order valence-corrected chi connectivity index (χ1v) is 13.2. The molecule has 0 aliphatic heterocycles.